The molecule has 0 saturated heterocycles. The fourth-order valence-electron chi connectivity index (χ4n) is 6.84. The number of phosphoric acid groups is 1. The lowest BCUT2D eigenvalue weighted by molar-refractivity contribution is -0.154. The number of ether oxygens (including phenoxy) is 2. The Morgan fingerprint density at radius 3 is 1.33 bits per heavy atom. The summed E-state index contributed by atoms with van der Waals surface area (Å²) in [6.45, 7) is 3.92. The van der Waals surface area contributed by atoms with Gasteiger partial charge in [-0.1, -0.05) is 199 Å². The van der Waals surface area contributed by atoms with Gasteiger partial charge in [-0.05, 0) is 38.5 Å². The first-order valence-corrected chi connectivity index (χ1v) is 25.2. The van der Waals surface area contributed by atoms with Gasteiger partial charge in [0.15, 0.2) is 0 Å². The summed E-state index contributed by atoms with van der Waals surface area (Å²) >= 11 is 0. The van der Waals surface area contributed by atoms with E-state index in [2.05, 4.69) is 26.0 Å². The highest BCUT2D eigenvalue weighted by molar-refractivity contribution is 7.47. The number of carbonyl (C=O) groups is 2. The molecule has 0 amide bonds. The van der Waals surface area contributed by atoms with E-state index in [4.69, 9.17) is 29.4 Å². The van der Waals surface area contributed by atoms with Crippen molar-refractivity contribution in [1.82, 2.24) is 0 Å². The van der Waals surface area contributed by atoms with Crippen LogP contribution in [0.3, 0.4) is 0 Å². The number of rotatable bonds is 46. The van der Waals surface area contributed by atoms with Crippen molar-refractivity contribution >= 4 is 19.8 Å². The lowest BCUT2D eigenvalue weighted by Gasteiger charge is -2.20. The van der Waals surface area contributed by atoms with Gasteiger partial charge in [0.2, 0.25) is 0 Å². The van der Waals surface area contributed by atoms with Crippen molar-refractivity contribution in [2.45, 2.75) is 244 Å². The van der Waals surface area contributed by atoms with Crippen LogP contribution in [0.2, 0.25) is 0 Å². The molecule has 11 heteroatoms. The van der Waals surface area contributed by atoms with E-state index < -0.39 is 45.1 Å². The molecule has 0 rings (SSSR count). The molecule has 0 saturated carbocycles. The molecule has 1 unspecified atom stereocenters. The fourth-order valence-corrected chi connectivity index (χ4v) is 7.61. The summed E-state index contributed by atoms with van der Waals surface area (Å²) in [4.78, 5) is 33.6. The molecule has 0 aromatic heterocycles. The van der Waals surface area contributed by atoms with Crippen molar-refractivity contribution in [2.75, 3.05) is 26.4 Å². The minimum absolute atomic E-state index is 0.0213. The quantitative estimate of drug-likeness (QED) is 0.0234. The molecule has 0 radical (unpaired) electrons. The van der Waals surface area contributed by atoms with Gasteiger partial charge in [-0.2, -0.15) is 0 Å². The van der Waals surface area contributed by atoms with E-state index in [9.17, 15) is 19.0 Å². The summed E-state index contributed by atoms with van der Waals surface area (Å²) in [6, 6.07) is -1.47. The fraction of sp³-hybridized carbons (Fsp3) is 0.913. The average molecular weight is 832 g/mol. The molecule has 0 heterocycles. The Hall–Kier alpha value is -1.29. The highest BCUT2D eigenvalue weighted by atomic mass is 31.2. The second-order valence-corrected chi connectivity index (χ2v) is 17.7. The molecule has 0 bridgehead atoms. The lowest BCUT2D eigenvalue weighted by Crippen LogP contribution is -2.34. The first kappa shape index (κ1) is 55.7. The minimum Gasteiger partial charge on any atom is -0.480 e. The predicted octanol–water partition coefficient (Wildman–Crippen LogP) is 13.3. The van der Waals surface area contributed by atoms with Crippen LogP contribution in [-0.2, 0) is 32.7 Å². The minimum atomic E-state index is -4.61. The molecule has 0 spiro atoms. The molecule has 0 fully saturated rings. The van der Waals surface area contributed by atoms with Crippen molar-refractivity contribution in [3.05, 3.63) is 12.2 Å². The molecule has 10 nitrogen and oxygen atoms in total. The first-order chi connectivity index (χ1) is 27.7. The second-order valence-electron chi connectivity index (χ2n) is 16.2. The zero-order chi connectivity index (χ0) is 41.9. The number of hydrogen-bond acceptors (Lipinski definition) is 8. The molecule has 4 N–H and O–H groups in total. The van der Waals surface area contributed by atoms with Crippen molar-refractivity contribution in [2.24, 2.45) is 5.73 Å². The van der Waals surface area contributed by atoms with Gasteiger partial charge < -0.3 is 25.2 Å². The van der Waals surface area contributed by atoms with Gasteiger partial charge in [-0.25, -0.2) is 4.57 Å². The van der Waals surface area contributed by atoms with Crippen molar-refractivity contribution < 1.29 is 42.7 Å². The molecule has 0 aromatic rings. The molecular formula is C46H90NO9P. The number of aliphatic carboxylic acids is 1. The maximum atomic E-state index is 12.7. The van der Waals surface area contributed by atoms with Crippen LogP contribution in [0.25, 0.3) is 0 Å². The zero-order valence-corrected chi connectivity index (χ0v) is 37.9. The molecule has 0 aromatic carbocycles. The summed E-state index contributed by atoms with van der Waals surface area (Å²) in [5.41, 5.74) is 5.36. The van der Waals surface area contributed by atoms with Gasteiger partial charge in [-0.15, -0.1) is 0 Å². The van der Waals surface area contributed by atoms with Crippen LogP contribution in [-0.4, -0.2) is 60.5 Å². The molecule has 0 aliphatic heterocycles. The average Bonchev–Trinajstić information content (AvgIpc) is 3.19. The smallest absolute Gasteiger partial charge is 0.472 e. The Labute approximate surface area is 350 Å². The molecule has 0 aliphatic carbocycles. The highest BCUT2D eigenvalue weighted by Gasteiger charge is 2.27. The van der Waals surface area contributed by atoms with Gasteiger partial charge in [0.25, 0.3) is 0 Å². The number of carboxylic acid groups (broad SMARTS) is 1. The highest BCUT2D eigenvalue weighted by Crippen LogP contribution is 2.43. The van der Waals surface area contributed by atoms with E-state index in [-0.39, 0.29) is 13.0 Å². The van der Waals surface area contributed by atoms with Crippen LogP contribution in [0.15, 0.2) is 12.2 Å². The van der Waals surface area contributed by atoms with Gasteiger partial charge in [0.1, 0.15) is 12.1 Å². The summed E-state index contributed by atoms with van der Waals surface area (Å²) in [5.74, 6) is -1.77. The number of carbonyl (C=O) groups excluding carboxylic acids is 1. The summed E-state index contributed by atoms with van der Waals surface area (Å²) in [7, 11) is -4.61. The van der Waals surface area contributed by atoms with E-state index >= 15 is 0 Å². The van der Waals surface area contributed by atoms with Crippen molar-refractivity contribution in [3.63, 3.8) is 0 Å². The number of allylic oxidation sites excluding steroid dienone is 2. The Morgan fingerprint density at radius 2 is 0.912 bits per heavy atom. The predicted molar refractivity (Wildman–Crippen MR) is 236 cm³/mol. The Balaban J connectivity index is 4.16. The zero-order valence-electron chi connectivity index (χ0n) is 37.0. The van der Waals surface area contributed by atoms with E-state index in [0.717, 1.165) is 44.9 Å². The second kappa shape index (κ2) is 42.8. The van der Waals surface area contributed by atoms with Crippen LogP contribution >= 0.6 is 7.82 Å². The van der Waals surface area contributed by atoms with Crippen LogP contribution in [0.1, 0.15) is 232 Å². The number of carboxylic acids is 1. The maximum Gasteiger partial charge on any atom is 0.472 e. The summed E-state index contributed by atoms with van der Waals surface area (Å²) < 4.78 is 33.4. The lowest BCUT2D eigenvalue weighted by atomic mass is 10.0. The van der Waals surface area contributed by atoms with Crippen LogP contribution in [0.5, 0.6) is 0 Å². The van der Waals surface area contributed by atoms with E-state index in [1.165, 1.54) is 161 Å². The van der Waals surface area contributed by atoms with Gasteiger partial charge in [0, 0.05) is 13.0 Å². The largest absolute Gasteiger partial charge is 0.480 e. The number of nitrogens with two attached hydrogens (primary N) is 1. The monoisotopic (exact) mass is 832 g/mol. The van der Waals surface area contributed by atoms with E-state index in [1.807, 2.05) is 0 Å². The molecule has 3 atom stereocenters. The Morgan fingerprint density at radius 1 is 0.544 bits per heavy atom. The van der Waals surface area contributed by atoms with Gasteiger partial charge >= 0.3 is 19.8 Å². The summed E-state index contributed by atoms with van der Waals surface area (Å²) in [5, 5.41) is 8.91. The standard InChI is InChI=1S/C46H90NO9P/c1-3-5-7-9-11-13-15-17-19-21-22-23-24-26-28-30-32-34-36-38-45(48)56-43(41-54-57(51,52)55-42-44(47)46(49)50)40-53-39-37-35-33-31-29-27-25-20-18-16-14-12-10-8-6-4-2/h21-22,43-44H,3-20,23-42,47H2,1-2H3,(H,49,50)(H,51,52)/b22-21-/t43-,44+/m1/s1. The normalized spacial score (nSPS) is 13.9. The van der Waals surface area contributed by atoms with Crippen LogP contribution in [0, 0.1) is 0 Å². The van der Waals surface area contributed by atoms with Gasteiger partial charge in [0.05, 0.1) is 19.8 Å². The van der Waals surface area contributed by atoms with Gasteiger partial charge in [-0.3, -0.25) is 18.6 Å². The topological polar surface area (TPSA) is 155 Å². The molecule has 57 heavy (non-hydrogen) atoms. The van der Waals surface area contributed by atoms with Crippen molar-refractivity contribution in [1.29, 1.82) is 0 Å². The van der Waals surface area contributed by atoms with Crippen LogP contribution < -0.4 is 5.73 Å². The summed E-state index contributed by atoms with van der Waals surface area (Å²) in [6.07, 6.45) is 45.4. The number of hydrogen-bond donors (Lipinski definition) is 3. The third kappa shape index (κ3) is 42.6. The Kier molecular flexibility index (Phi) is 41.9. The maximum absolute atomic E-state index is 12.7. The molecule has 338 valence electrons. The Bertz CT molecular complexity index is 966. The van der Waals surface area contributed by atoms with E-state index in [1.54, 1.807) is 0 Å². The number of esters is 1. The SMILES string of the molecule is CCCCCCCCCC/C=C\CCCCCCCCCC(=O)O[C@H](COCCCCCCCCCCCCCCCCCC)COP(=O)(O)OC[C@H](N)C(=O)O. The molecular weight excluding hydrogens is 741 g/mol. The first-order valence-electron chi connectivity index (χ1n) is 23.7. The van der Waals surface area contributed by atoms with Crippen molar-refractivity contribution in [3.8, 4) is 0 Å². The third-order valence-electron chi connectivity index (χ3n) is 10.5. The third-order valence-corrected chi connectivity index (χ3v) is 11.5. The molecule has 0 aliphatic rings. The van der Waals surface area contributed by atoms with Crippen LogP contribution in [0.4, 0.5) is 0 Å². The van der Waals surface area contributed by atoms with E-state index in [0.29, 0.717) is 13.0 Å². The number of phosphoric ester groups is 1. The number of unbranched alkanes of at least 4 members (excludes halogenated alkanes) is 30.